The Morgan fingerprint density at radius 2 is 1.80 bits per heavy atom. The molecule has 2 atom stereocenters. The van der Waals surface area contributed by atoms with Crippen molar-refractivity contribution in [1.82, 2.24) is 14.2 Å². The normalized spacial score (nSPS) is 24.1. The minimum absolute atomic E-state index is 0.0778. The van der Waals surface area contributed by atoms with Crippen molar-refractivity contribution in [2.45, 2.75) is 43.8 Å². The molecule has 25 heavy (non-hydrogen) atoms. The molecule has 0 radical (unpaired) electrons. The first-order valence-corrected chi connectivity index (χ1v) is 10.1. The van der Waals surface area contributed by atoms with Crippen LogP contribution in [0.2, 0.25) is 0 Å². The molecule has 2 unspecified atom stereocenters. The number of aryl methyl sites for hydroxylation is 2. The molecule has 5 nitrogen and oxygen atoms in total. The van der Waals surface area contributed by atoms with E-state index in [2.05, 4.69) is 9.88 Å². The Labute approximate surface area is 149 Å². The van der Waals surface area contributed by atoms with Gasteiger partial charge in [0.15, 0.2) is 0 Å². The highest BCUT2D eigenvalue weighted by Gasteiger charge is 2.51. The Kier molecular flexibility index (Phi) is 4.14. The van der Waals surface area contributed by atoms with Crippen molar-refractivity contribution in [3.63, 3.8) is 0 Å². The van der Waals surface area contributed by atoms with Gasteiger partial charge in [-0.3, -0.25) is 9.88 Å². The van der Waals surface area contributed by atoms with Gasteiger partial charge in [0.1, 0.15) is 0 Å². The van der Waals surface area contributed by atoms with Crippen molar-refractivity contribution in [3.8, 4) is 0 Å². The summed E-state index contributed by atoms with van der Waals surface area (Å²) in [6, 6.07) is 13.4. The van der Waals surface area contributed by atoms with E-state index in [4.69, 9.17) is 0 Å². The van der Waals surface area contributed by atoms with Gasteiger partial charge in [-0.2, -0.15) is 4.31 Å². The van der Waals surface area contributed by atoms with Crippen molar-refractivity contribution in [2.24, 2.45) is 0 Å². The lowest BCUT2D eigenvalue weighted by Gasteiger charge is -2.55. The summed E-state index contributed by atoms with van der Waals surface area (Å²) in [4.78, 5) is 7.29. The second-order valence-corrected chi connectivity index (χ2v) is 9.00. The summed E-state index contributed by atoms with van der Waals surface area (Å²) in [5, 5.41) is 0. The summed E-state index contributed by atoms with van der Waals surface area (Å²) < 4.78 is 27.7. The first kappa shape index (κ1) is 16.7. The summed E-state index contributed by atoms with van der Waals surface area (Å²) in [5.41, 5.74) is 3.04. The van der Waals surface area contributed by atoms with Crippen molar-refractivity contribution in [3.05, 3.63) is 59.4 Å². The zero-order valence-corrected chi connectivity index (χ0v) is 15.4. The Morgan fingerprint density at radius 1 is 1.08 bits per heavy atom. The highest BCUT2D eigenvalue weighted by atomic mass is 32.2. The smallest absolute Gasteiger partial charge is 0.243 e. The Bertz CT molecular complexity index is 885. The molecule has 0 N–H and O–H groups in total. The molecule has 0 aliphatic carbocycles. The lowest BCUT2D eigenvalue weighted by Crippen LogP contribution is -2.69. The Hall–Kier alpha value is -1.76. The van der Waals surface area contributed by atoms with Gasteiger partial charge in [0.05, 0.1) is 10.6 Å². The maximum absolute atomic E-state index is 13.0. The molecule has 0 amide bonds. The average Bonchev–Trinajstić information content (AvgIpc) is 2.54. The number of benzene rings is 1. The summed E-state index contributed by atoms with van der Waals surface area (Å²) in [6.07, 6.45) is 0.961. The van der Waals surface area contributed by atoms with Crippen LogP contribution in [0.5, 0.6) is 0 Å². The van der Waals surface area contributed by atoms with E-state index in [1.54, 1.807) is 16.4 Å². The predicted molar refractivity (Wildman–Crippen MR) is 96.6 cm³/mol. The summed E-state index contributed by atoms with van der Waals surface area (Å²) in [5.74, 6) is 0. The van der Waals surface area contributed by atoms with Crippen LogP contribution >= 0.6 is 0 Å². The number of piperazine rings is 1. The van der Waals surface area contributed by atoms with E-state index in [9.17, 15) is 8.42 Å². The number of aromatic nitrogens is 1. The molecule has 4 heterocycles. The van der Waals surface area contributed by atoms with Crippen LogP contribution in [0.4, 0.5) is 0 Å². The van der Waals surface area contributed by atoms with Gasteiger partial charge in [-0.15, -0.1) is 0 Å². The van der Waals surface area contributed by atoms with Gasteiger partial charge in [-0.1, -0.05) is 18.2 Å². The molecule has 2 bridgehead atoms. The molecular weight excluding hydrogens is 334 g/mol. The summed E-state index contributed by atoms with van der Waals surface area (Å²) in [6.45, 7) is 6.25. The van der Waals surface area contributed by atoms with Gasteiger partial charge in [0, 0.05) is 37.4 Å². The van der Waals surface area contributed by atoms with Crippen LogP contribution in [-0.2, 0) is 16.6 Å². The number of sulfonamides is 1. The number of piperidine rings is 1. The van der Waals surface area contributed by atoms with Crippen LogP contribution in [0.25, 0.3) is 0 Å². The largest absolute Gasteiger partial charge is 0.294 e. The first-order valence-electron chi connectivity index (χ1n) is 8.68. The summed E-state index contributed by atoms with van der Waals surface area (Å²) >= 11 is 0. The van der Waals surface area contributed by atoms with Crippen LogP contribution in [-0.4, -0.2) is 47.8 Å². The second-order valence-electron chi connectivity index (χ2n) is 7.16. The molecule has 3 fully saturated rings. The molecule has 5 rings (SSSR count). The fourth-order valence-corrected chi connectivity index (χ4v) is 5.92. The molecule has 6 heteroatoms. The van der Waals surface area contributed by atoms with Crippen molar-refractivity contribution >= 4 is 10.0 Å². The predicted octanol–water partition coefficient (Wildman–Crippen LogP) is 2.35. The van der Waals surface area contributed by atoms with E-state index >= 15 is 0 Å². The van der Waals surface area contributed by atoms with Crippen molar-refractivity contribution in [1.29, 1.82) is 0 Å². The van der Waals surface area contributed by atoms with Crippen LogP contribution in [0, 0.1) is 13.8 Å². The molecule has 3 saturated heterocycles. The molecule has 3 aliphatic rings. The number of pyridine rings is 1. The standard InChI is InChI=1S/C19H23N3O2S/c1-14-5-3-8-19(9-14)25(23,24)22-17-10-18(22)13-21(12-17)11-16-7-4-6-15(2)20-16/h3-9,17-18H,10-13H2,1-2H3. The fraction of sp³-hybridized carbons (Fsp3) is 0.421. The van der Waals surface area contributed by atoms with Crippen molar-refractivity contribution < 1.29 is 8.42 Å². The first-order chi connectivity index (χ1) is 11.9. The van der Waals surface area contributed by atoms with E-state index in [1.165, 1.54) is 0 Å². The zero-order chi connectivity index (χ0) is 17.6. The van der Waals surface area contributed by atoms with E-state index in [1.807, 2.05) is 44.2 Å². The average molecular weight is 357 g/mol. The lowest BCUT2D eigenvalue weighted by molar-refractivity contribution is -0.0108. The SMILES string of the molecule is Cc1cccc(S(=O)(=O)N2C3CC2CN(Cc2cccc(C)n2)C3)c1. The Morgan fingerprint density at radius 3 is 2.48 bits per heavy atom. The highest BCUT2D eigenvalue weighted by molar-refractivity contribution is 7.89. The number of hydrogen-bond acceptors (Lipinski definition) is 4. The molecule has 0 saturated carbocycles. The molecule has 1 aromatic heterocycles. The molecular formula is C19H23N3O2S. The quantitative estimate of drug-likeness (QED) is 0.843. The van der Waals surface area contributed by atoms with Gasteiger partial charge in [-0.25, -0.2) is 8.42 Å². The summed E-state index contributed by atoms with van der Waals surface area (Å²) in [7, 11) is -3.40. The van der Waals surface area contributed by atoms with Gasteiger partial charge >= 0.3 is 0 Å². The van der Waals surface area contributed by atoms with Crippen LogP contribution in [0.1, 0.15) is 23.4 Å². The number of hydrogen-bond donors (Lipinski definition) is 0. The van der Waals surface area contributed by atoms with E-state index in [0.29, 0.717) is 4.90 Å². The van der Waals surface area contributed by atoms with Gasteiger partial charge in [-0.05, 0) is 50.1 Å². The fourth-order valence-electron chi connectivity index (χ4n) is 4.00. The van der Waals surface area contributed by atoms with Crippen LogP contribution in [0.3, 0.4) is 0 Å². The maximum atomic E-state index is 13.0. The highest BCUT2D eigenvalue weighted by Crippen LogP contribution is 2.37. The van der Waals surface area contributed by atoms with Crippen molar-refractivity contribution in [2.75, 3.05) is 13.1 Å². The maximum Gasteiger partial charge on any atom is 0.243 e. The van der Waals surface area contributed by atoms with E-state index in [0.717, 1.165) is 43.0 Å². The molecule has 132 valence electrons. The topological polar surface area (TPSA) is 53.5 Å². The minimum Gasteiger partial charge on any atom is -0.294 e. The molecule has 0 spiro atoms. The monoisotopic (exact) mass is 357 g/mol. The van der Waals surface area contributed by atoms with Gasteiger partial charge in [0.2, 0.25) is 10.0 Å². The zero-order valence-electron chi connectivity index (χ0n) is 14.6. The molecule has 1 aromatic carbocycles. The third-order valence-electron chi connectivity index (χ3n) is 5.10. The van der Waals surface area contributed by atoms with Crippen LogP contribution in [0.15, 0.2) is 47.4 Å². The van der Waals surface area contributed by atoms with Gasteiger partial charge in [0.25, 0.3) is 0 Å². The lowest BCUT2D eigenvalue weighted by atomic mass is 9.91. The number of rotatable bonds is 4. The number of nitrogens with zero attached hydrogens (tertiary/aromatic N) is 3. The van der Waals surface area contributed by atoms with Crippen LogP contribution < -0.4 is 0 Å². The van der Waals surface area contributed by atoms with E-state index < -0.39 is 10.0 Å². The second kappa shape index (κ2) is 6.20. The molecule has 2 aromatic rings. The molecule has 3 aliphatic heterocycles. The van der Waals surface area contributed by atoms with E-state index in [-0.39, 0.29) is 12.1 Å². The third-order valence-corrected chi connectivity index (χ3v) is 7.10. The third kappa shape index (κ3) is 3.10. The Balaban J connectivity index is 1.48. The van der Waals surface area contributed by atoms with Gasteiger partial charge < -0.3 is 0 Å². The minimum atomic E-state index is -3.40. The number of fused-ring (bicyclic) bond motifs is 2.